The van der Waals surface area contributed by atoms with Crippen molar-refractivity contribution in [3.63, 3.8) is 0 Å². The number of carbonyl (C=O) groups excluding carboxylic acids is 1. The summed E-state index contributed by atoms with van der Waals surface area (Å²) in [6.45, 7) is 6.14. The summed E-state index contributed by atoms with van der Waals surface area (Å²) in [5.41, 5.74) is 2.05. The van der Waals surface area contributed by atoms with E-state index in [0.29, 0.717) is 5.92 Å². The molecule has 1 heterocycles. The normalized spacial score (nSPS) is 19.3. The summed E-state index contributed by atoms with van der Waals surface area (Å²) in [7, 11) is 0. The smallest absolute Gasteiger partial charge is 0.254 e. The maximum absolute atomic E-state index is 12.5. The minimum atomic E-state index is 0.210. The van der Waals surface area contributed by atoms with Gasteiger partial charge in [0.15, 0.2) is 0 Å². The Morgan fingerprint density at radius 3 is 3.00 bits per heavy atom. The van der Waals surface area contributed by atoms with Crippen LogP contribution in [0, 0.1) is 16.4 Å². The Morgan fingerprint density at radius 1 is 1.50 bits per heavy atom. The zero-order valence-corrected chi connectivity index (χ0v) is 13.2. The molecular weight excluding hydrogens is 337 g/mol. The maximum atomic E-state index is 12.5. The summed E-state index contributed by atoms with van der Waals surface area (Å²) in [5, 5.41) is 0. The molecule has 1 unspecified atom stereocenters. The van der Waals surface area contributed by atoms with E-state index in [-0.39, 0.29) is 5.91 Å². The minimum absolute atomic E-state index is 0.210. The van der Waals surface area contributed by atoms with Crippen LogP contribution in [-0.2, 0) is 0 Å². The summed E-state index contributed by atoms with van der Waals surface area (Å²) in [6.07, 6.45) is 3.63. The molecule has 1 fully saturated rings. The fourth-order valence-electron chi connectivity index (χ4n) is 2.64. The molecule has 0 aromatic heterocycles. The molecule has 3 heteroatoms. The third-order valence-electron chi connectivity index (χ3n) is 3.69. The maximum Gasteiger partial charge on any atom is 0.254 e. The van der Waals surface area contributed by atoms with Crippen LogP contribution in [0.4, 0.5) is 0 Å². The van der Waals surface area contributed by atoms with Crippen molar-refractivity contribution in [2.75, 3.05) is 13.1 Å². The third-order valence-corrected chi connectivity index (χ3v) is 5.12. The van der Waals surface area contributed by atoms with Gasteiger partial charge < -0.3 is 4.90 Å². The number of aryl methyl sites for hydroxylation is 1. The van der Waals surface area contributed by atoms with E-state index in [1.54, 1.807) is 0 Å². The number of halogens is 1. The first-order valence-corrected chi connectivity index (χ1v) is 7.75. The highest BCUT2D eigenvalue weighted by molar-refractivity contribution is 14.1. The number of rotatable bonds is 3. The van der Waals surface area contributed by atoms with E-state index in [0.717, 1.165) is 22.2 Å². The molecule has 98 valence electrons. The third kappa shape index (κ3) is 2.87. The number of hydrogen-bond acceptors (Lipinski definition) is 1. The standard InChI is InChI=1S/C15H20INO/c1-3-5-12-8-9-17(10-12)15(18)13-7-4-6-11(2)14(13)16/h4,6-7,12H,3,5,8-10H2,1-2H3. The average Bonchev–Trinajstić information content (AvgIpc) is 2.81. The van der Waals surface area contributed by atoms with Gasteiger partial charge in [-0.2, -0.15) is 0 Å². The molecule has 0 aliphatic carbocycles. The van der Waals surface area contributed by atoms with Crippen molar-refractivity contribution in [2.24, 2.45) is 5.92 Å². The number of amides is 1. The Balaban J connectivity index is 2.11. The molecule has 0 radical (unpaired) electrons. The number of likely N-dealkylation sites (tertiary alicyclic amines) is 1. The van der Waals surface area contributed by atoms with Crippen molar-refractivity contribution in [3.8, 4) is 0 Å². The monoisotopic (exact) mass is 357 g/mol. The Morgan fingerprint density at radius 2 is 2.28 bits per heavy atom. The first-order valence-electron chi connectivity index (χ1n) is 6.68. The fourth-order valence-corrected chi connectivity index (χ4v) is 3.23. The molecule has 18 heavy (non-hydrogen) atoms. The predicted molar refractivity (Wildman–Crippen MR) is 82.8 cm³/mol. The van der Waals surface area contributed by atoms with E-state index in [4.69, 9.17) is 0 Å². The largest absolute Gasteiger partial charge is 0.338 e. The van der Waals surface area contributed by atoms with Gasteiger partial charge in [-0.25, -0.2) is 0 Å². The van der Waals surface area contributed by atoms with Crippen LogP contribution >= 0.6 is 22.6 Å². The van der Waals surface area contributed by atoms with Crippen LogP contribution in [0.15, 0.2) is 18.2 Å². The molecule has 0 spiro atoms. The van der Waals surface area contributed by atoms with E-state index >= 15 is 0 Å². The van der Waals surface area contributed by atoms with Crippen molar-refractivity contribution in [1.29, 1.82) is 0 Å². The Labute approximate surface area is 123 Å². The number of carbonyl (C=O) groups is 1. The molecule has 1 aliphatic rings. The zero-order chi connectivity index (χ0) is 13.1. The van der Waals surface area contributed by atoms with Crippen LogP contribution in [0.5, 0.6) is 0 Å². The van der Waals surface area contributed by atoms with E-state index < -0.39 is 0 Å². The number of nitrogens with zero attached hydrogens (tertiary/aromatic N) is 1. The Hall–Kier alpha value is -0.580. The van der Waals surface area contributed by atoms with E-state index in [1.807, 2.05) is 17.0 Å². The molecule has 0 N–H and O–H groups in total. The minimum Gasteiger partial charge on any atom is -0.338 e. The first kappa shape index (κ1) is 13.8. The van der Waals surface area contributed by atoms with Crippen LogP contribution in [0.1, 0.15) is 42.1 Å². The quantitative estimate of drug-likeness (QED) is 0.753. The van der Waals surface area contributed by atoms with Crippen molar-refractivity contribution in [1.82, 2.24) is 4.90 Å². The topological polar surface area (TPSA) is 20.3 Å². The van der Waals surface area contributed by atoms with Gasteiger partial charge in [0.2, 0.25) is 0 Å². The van der Waals surface area contributed by atoms with Crippen LogP contribution in [0.3, 0.4) is 0 Å². The fraction of sp³-hybridized carbons (Fsp3) is 0.533. The molecule has 1 aromatic rings. The Bertz CT molecular complexity index is 444. The van der Waals surface area contributed by atoms with Gasteiger partial charge in [0.1, 0.15) is 0 Å². The molecule has 2 rings (SSSR count). The highest BCUT2D eigenvalue weighted by Crippen LogP contribution is 2.25. The average molecular weight is 357 g/mol. The molecule has 2 nitrogen and oxygen atoms in total. The van der Waals surface area contributed by atoms with Crippen molar-refractivity contribution < 1.29 is 4.79 Å². The first-order chi connectivity index (χ1) is 8.63. The lowest BCUT2D eigenvalue weighted by atomic mass is 10.0. The van der Waals surface area contributed by atoms with Crippen LogP contribution in [-0.4, -0.2) is 23.9 Å². The lowest BCUT2D eigenvalue weighted by Gasteiger charge is -2.18. The summed E-state index contributed by atoms with van der Waals surface area (Å²) in [5.74, 6) is 0.920. The molecule has 1 aliphatic heterocycles. The zero-order valence-electron chi connectivity index (χ0n) is 11.1. The van der Waals surface area contributed by atoms with Crippen molar-refractivity contribution in [3.05, 3.63) is 32.9 Å². The van der Waals surface area contributed by atoms with Crippen LogP contribution in [0.2, 0.25) is 0 Å². The molecule has 1 aromatic carbocycles. The molecule has 0 saturated carbocycles. The van der Waals surface area contributed by atoms with Crippen molar-refractivity contribution in [2.45, 2.75) is 33.1 Å². The summed E-state index contributed by atoms with van der Waals surface area (Å²) in [6, 6.07) is 5.98. The SMILES string of the molecule is CCCC1CCN(C(=O)c2cccc(C)c2I)C1. The van der Waals surface area contributed by atoms with E-state index in [2.05, 4.69) is 42.5 Å². The highest BCUT2D eigenvalue weighted by atomic mass is 127. The van der Waals surface area contributed by atoms with Gasteiger partial charge >= 0.3 is 0 Å². The second kappa shape index (κ2) is 6.04. The molecule has 1 saturated heterocycles. The van der Waals surface area contributed by atoms with Gasteiger partial charge in [-0.05, 0) is 59.9 Å². The van der Waals surface area contributed by atoms with Crippen LogP contribution < -0.4 is 0 Å². The molecule has 1 amide bonds. The van der Waals surface area contributed by atoms with Gasteiger partial charge in [0, 0.05) is 16.7 Å². The summed E-state index contributed by atoms with van der Waals surface area (Å²) >= 11 is 2.28. The Kier molecular flexibility index (Phi) is 4.65. The predicted octanol–water partition coefficient (Wildman–Crippen LogP) is 3.86. The van der Waals surface area contributed by atoms with E-state index in [9.17, 15) is 4.79 Å². The molecule has 0 bridgehead atoms. The van der Waals surface area contributed by atoms with E-state index in [1.165, 1.54) is 24.8 Å². The lowest BCUT2D eigenvalue weighted by molar-refractivity contribution is 0.0785. The van der Waals surface area contributed by atoms with Gasteiger partial charge in [-0.3, -0.25) is 4.79 Å². The lowest BCUT2D eigenvalue weighted by Crippen LogP contribution is -2.29. The van der Waals surface area contributed by atoms with Gasteiger partial charge in [-0.1, -0.05) is 25.5 Å². The second-order valence-electron chi connectivity index (χ2n) is 5.13. The summed E-state index contributed by atoms with van der Waals surface area (Å²) in [4.78, 5) is 14.5. The van der Waals surface area contributed by atoms with Gasteiger partial charge in [0.25, 0.3) is 5.91 Å². The molecular formula is C15H20INO. The highest BCUT2D eigenvalue weighted by Gasteiger charge is 2.27. The van der Waals surface area contributed by atoms with Gasteiger partial charge in [-0.15, -0.1) is 0 Å². The van der Waals surface area contributed by atoms with Gasteiger partial charge in [0.05, 0.1) is 5.56 Å². The summed E-state index contributed by atoms with van der Waals surface area (Å²) < 4.78 is 1.10. The van der Waals surface area contributed by atoms with Crippen molar-refractivity contribution >= 4 is 28.5 Å². The van der Waals surface area contributed by atoms with Crippen LogP contribution in [0.25, 0.3) is 0 Å². The molecule has 1 atom stereocenters. The number of hydrogen-bond donors (Lipinski definition) is 0. The second-order valence-corrected chi connectivity index (χ2v) is 6.21. The number of benzene rings is 1.